The number of H-pyrrole nitrogens is 1. The lowest BCUT2D eigenvalue weighted by Crippen LogP contribution is -2.46. The van der Waals surface area contributed by atoms with Gasteiger partial charge < -0.3 is 5.11 Å². The van der Waals surface area contributed by atoms with E-state index in [9.17, 15) is 13.9 Å². The molecule has 11 heteroatoms. The molecule has 4 rings (SSSR count). The molecule has 3 heterocycles. The van der Waals surface area contributed by atoms with E-state index >= 15 is 8.78 Å². The molecule has 154 valence electrons. The molecule has 0 fully saturated rings. The lowest BCUT2D eigenvalue weighted by Gasteiger charge is -2.36. The predicted molar refractivity (Wildman–Crippen MR) is 97.2 cm³/mol. The molecule has 0 spiro atoms. The fourth-order valence-corrected chi connectivity index (χ4v) is 3.14. The van der Waals surface area contributed by atoms with E-state index in [1.807, 2.05) is 0 Å². The number of aromatic nitrogens is 3. The van der Waals surface area contributed by atoms with Gasteiger partial charge in [-0.25, -0.2) is 14.2 Å². The number of hydrogen-bond donors (Lipinski definition) is 4. The van der Waals surface area contributed by atoms with Gasteiger partial charge in [0.15, 0.2) is 5.60 Å². The van der Waals surface area contributed by atoms with E-state index in [4.69, 9.17) is 0 Å². The summed E-state index contributed by atoms with van der Waals surface area (Å²) in [6, 6.07) is 5.74. The molecule has 1 atom stereocenters. The molecule has 7 nitrogen and oxygen atoms in total. The van der Waals surface area contributed by atoms with E-state index in [0.717, 1.165) is 24.4 Å². The molecular weight excluding hydrogens is 404 g/mol. The van der Waals surface area contributed by atoms with Crippen LogP contribution in [0.3, 0.4) is 0 Å². The van der Waals surface area contributed by atoms with Crippen molar-refractivity contribution in [3.05, 3.63) is 89.8 Å². The Bertz CT molecular complexity index is 1050. The lowest BCUT2D eigenvalue weighted by molar-refractivity contribution is -0.199. The molecule has 3 aromatic rings. The van der Waals surface area contributed by atoms with Crippen molar-refractivity contribution in [2.45, 2.75) is 17.9 Å². The van der Waals surface area contributed by atoms with Gasteiger partial charge in [-0.1, -0.05) is 11.5 Å². The normalized spacial score (nSPS) is 15.3. The Balaban J connectivity index is 1.76. The standard InChI is InChI=1S/C19H15F4N6O/c20-12-1-3-15(16(21)9-12)18(30,10-13-5-6-25-28-13)19(22,23)17-4-2-14(11-24-17)29-26-7-8-27-29/h1-7,9,11,26-27,30H,10H2,(H,25,28)/q+1. The minimum atomic E-state index is -4.05. The summed E-state index contributed by atoms with van der Waals surface area (Å²) in [4.78, 5) is 3.77. The van der Waals surface area contributed by atoms with Gasteiger partial charge in [0.1, 0.15) is 23.0 Å². The van der Waals surface area contributed by atoms with Crippen LogP contribution in [0.5, 0.6) is 0 Å². The van der Waals surface area contributed by atoms with Gasteiger partial charge in [-0.3, -0.25) is 10.1 Å². The molecule has 30 heavy (non-hydrogen) atoms. The highest BCUT2D eigenvalue weighted by Gasteiger charge is 2.57. The monoisotopic (exact) mass is 419 g/mol. The Morgan fingerprint density at radius 2 is 1.97 bits per heavy atom. The number of hydrogen-bond acceptors (Lipinski definition) is 6. The van der Waals surface area contributed by atoms with Crippen LogP contribution in [-0.4, -0.2) is 20.3 Å². The molecule has 1 aliphatic rings. The summed E-state index contributed by atoms with van der Waals surface area (Å²) in [5.74, 6) is -6.31. The minimum absolute atomic E-state index is 0.129. The number of aromatic amines is 1. The third kappa shape index (κ3) is 3.30. The molecule has 0 radical (unpaired) electrons. The van der Waals surface area contributed by atoms with Crippen molar-refractivity contribution in [3.63, 3.8) is 0 Å². The van der Waals surface area contributed by atoms with Gasteiger partial charge in [-0.2, -0.15) is 19.0 Å². The van der Waals surface area contributed by atoms with Gasteiger partial charge >= 0.3 is 12.1 Å². The van der Waals surface area contributed by atoms with Crippen molar-refractivity contribution in [1.82, 2.24) is 26.0 Å². The molecule has 1 unspecified atom stereocenters. The van der Waals surface area contributed by atoms with E-state index < -0.39 is 40.8 Å². The summed E-state index contributed by atoms with van der Waals surface area (Å²) >= 11 is 0. The summed E-state index contributed by atoms with van der Waals surface area (Å²) in [6.07, 6.45) is 5.83. The largest absolute Gasteiger partial charge is 0.412 e. The first-order valence-corrected chi connectivity index (χ1v) is 8.71. The smallest absolute Gasteiger partial charge is 0.378 e. The van der Waals surface area contributed by atoms with E-state index in [-0.39, 0.29) is 5.69 Å². The number of nitrogens with one attached hydrogen (secondary N) is 3. The summed E-state index contributed by atoms with van der Waals surface area (Å²) in [5, 5.41) is 18.6. The van der Waals surface area contributed by atoms with Gasteiger partial charge in [-0.05, 0) is 24.3 Å². The van der Waals surface area contributed by atoms with E-state index in [1.54, 1.807) is 0 Å². The second-order valence-electron chi connectivity index (χ2n) is 6.58. The van der Waals surface area contributed by atoms with E-state index in [2.05, 4.69) is 32.2 Å². The molecule has 0 amide bonds. The van der Waals surface area contributed by atoms with Gasteiger partial charge in [-0.15, -0.1) is 0 Å². The highest BCUT2D eigenvalue weighted by molar-refractivity contribution is 5.44. The third-order valence-electron chi connectivity index (χ3n) is 4.67. The van der Waals surface area contributed by atoms with E-state index in [0.29, 0.717) is 11.8 Å². The fraction of sp³-hybridized carbons (Fsp3) is 0.158. The first kappa shape index (κ1) is 19.6. The molecule has 4 N–H and O–H groups in total. The van der Waals surface area contributed by atoms with Crippen LogP contribution in [0.4, 0.5) is 23.2 Å². The number of nitrogens with zero attached hydrogens (tertiary/aromatic N) is 3. The van der Waals surface area contributed by atoms with Gasteiger partial charge in [0, 0.05) is 29.9 Å². The summed E-state index contributed by atoms with van der Waals surface area (Å²) < 4.78 is 59.0. The molecule has 1 aromatic carbocycles. The number of alkyl halides is 2. The number of aliphatic hydroxyl groups is 1. The number of hydrazine groups is 2. The third-order valence-corrected chi connectivity index (χ3v) is 4.67. The average Bonchev–Trinajstić information content (AvgIpc) is 3.42. The van der Waals surface area contributed by atoms with Crippen LogP contribution in [0.2, 0.25) is 0 Å². The zero-order chi connectivity index (χ0) is 21.4. The molecule has 0 bridgehead atoms. The van der Waals surface area contributed by atoms with Crippen molar-refractivity contribution in [1.29, 1.82) is 0 Å². The number of halogens is 4. The Labute approximate surface area is 168 Å². The lowest BCUT2D eigenvalue weighted by atomic mass is 9.81. The highest BCUT2D eigenvalue weighted by atomic mass is 19.3. The maximum atomic E-state index is 15.6. The Kier molecular flexibility index (Phi) is 4.76. The molecule has 0 aliphatic carbocycles. The number of pyridine rings is 1. The highest BCUT2D eigenvalue weighted by Crippen LogP contribution is 2.47. The number of rotatable bonds is 6. The maximum Gasteiger partial charge on any atom is 0.412 e. The van der Waals surface area contributed by atoms with Crippen LogP contribution in [-0.2, 0) is 17.9 Å². The topological polar surface area (TPSA) is 89.1 Å². The van der Waals surface area contributed by atoms with Crippen LogP contribution in [0.25, 0.3) is 0 Å². The predicted octanol–water partition coefficient (Wildman–Crippen LogP) is 2.41. The summed E-state index contributed by atoms with van der Waals surface area (Å²) in [6.45, 7) is 0. The van der Waals surface area contributed by atoms with E-state index in [1.165, 1.54) is 29.6 Å². The van der Waals surface area contributed by atoms with Crippen LogP contribution in [0.15, 0.2) is 55.0 Å². The molecule has 0 saturated carbocycles. The minimum Gasteiger partial charge on any atom is -0.378 e. The molecular formula is C19H15F4N6O+. The SMILES string of the molecule is OC(Cc1ccn[nH]1)(c1ccc(F)cc1F)C(F)(F)c1ccc(N2N[C+]=CN2)cn1. The fourth-order valence-electron chi connectivity index (χ4n) is 3.14. The molecule has 1 aliphatic heterocycles. The summed E-state index contributed by atoms with van der Waals surface area (Å²) in [5.41, 5.74) is 1.29. The van der Waals surface area contributed by atoms with Crippen molar-refractivity contribution < 1.29 is 22.7 Å². The second-order valence-corrected chi connectivity index (χ2v) is 6.58. The Morgan fingerprint density at radius 3 is 2.57 bits per heavy atom. The number of anilines is 1. The second kappa shape index (κ2) is 7.29. The van der Waals surface area contributed by atoms with Crippen LogP contribution in [0.1, 0.15) is 17.0 Å². The van der Waals surface area contributed by atoms with Gasteiger partial charge in [0.25, 0.3) is 6.20 Å². The average molecular weight is 419 g/mol. The van der Waals surface area contributed by atoms with Crippen LogP contribution < -0.4 is 16.0 Å². The van der Waals surface area contributed by atoms with Crippen molar-refractivity contribution >= 4 is 5.69 Å². The quantitative estimate of drug-likeness (QED) is 0.363. The molecule has 2 aromatic heterocycles. The first-order chi connectivity index (χ1) is 14.3. The first-order valence-electron chi connectivity index (χ1n) is 8.71. The van der Waals surface area contributed by atoms with Gasteiger partial charge in [0.05, 0.1) is 6.20 Å². The molecule has 0 saturated heterocycles. The maximum absolute atomic E-state index is 15.6. The van der Waals surface area contributed by atoms with Crippen LogP contribution >= 0.6 is 0 Å². The summed E-state index contributed by atoms with van der Waals surface area (Å²) in [7, 11) is 0. The Hall–Kier alpha value is -3.69. The van der Waals surface area contributed by atoms with Crippen molar-refractivity contribution in [2.24, 2.45) is 0 Å². The van der Waals surface area contributed by atoms with Crippen molar-refractivity contribution in [2.75, 3.05) is 5.12 Å². The zero-order valence-corrected chi connectivity index (χ0v) is 15.2. The zero-order valence-electron chi connectivity index (χ0n) is 15.2. The van der Waals surface area contributed by atoms with Gasteiger partial charge in [0.2, 0.25) is 0 Å². The van der Waals surface area contributed by atoms with Crippen molar-refractivity contribution in [3.8, 4) is 0 Å². The number of benzene rings is 1. The van der Waals surface area contributed by atoms with Crippen LogP contribution in [0, 0.1) is 17.8 Å². The Morgan fingerprint density at radius 1 is 1.13 bits per heavy atom.